The van der Waals surface area contributed by atoms with Gasteiger partial charge in [-0.2, -0.15) is 0 Å². The Hall–Kier alpha value is 1.40. The van der Waals surface area contributed by atoms with Crippen LogP contribution in [0.25, 0.3) is 0 Å². The molecule has 0 heterocycles. The van der Waals surface area contributed by atoms with Crippen LogP contribution in [-0.4, -0.2) is 75.8 Å². The minimum absolute atomic E-state index is 0. The van der Waals surface area contributed by atoms with E-state index in [9.17, 15) is 0 Å². The van der Waals surface area contributed by atoms with Crippen molar-refractivity contribution in [1.29, 1.82) is 0 Å². The maximum absolute atomic E-state index is 8.56. The average Bonchev–Trinajstić information content (AvgIpc) is 1.36. The number of nitrogens with zero attached hydrogens (tertiary/aromatic N) is 1. The molecule has 0 aromatic heterocycles. The van der Waals surface area contributed by atoms with Crippen molar-refractivity contribution in [3.63, 3.8) is 0 Å². The Kier molecular flexibility index (Phi) is 8.88. The van der Waals surface area contributed by atoms with E-state index < -0.39 is 0 Å². The van der Waals surface area contributed by atoms with Crippen LogP contribution >= 0.6 is 0 Å². The third kappa shape index (κ3) is 7.40. The zero-order chi connectivity index (χ0) is 5.15. The van der Waals surface area contributed by atoms with Crippen LogP contribution < -0.4 is 0 Å². The second-order valence-corrected chi connectivity index (χ2v) is 1.60. The standard InChI is InChI=1S/C4H11NO.Sr.2H/c1-4(6)5(2)3;;;/h4,6H,1-3H3;;;/q;+2;2*-1. The van der Waals surface area contributed by atoms with E-state index in [1.807, 2.05) is 14.1 Å². The van der Waals surface area contributed by atoms with E-state index in [2.05, 4.69) is 0 Å². The van der Waals surface area contributed by atoms with Gasteiger partial charge in [0, 0.05) is 0 Å². The van der Waals surface area contributed by atoms with Crippen LogP contribution in [0.4, 0.5) is 0 Å². The van der Waals surface area contributed by atoms with Crippen molar-refractivity contribution in [3.8, 4) is 0 Å². The van der Waals surface area contributed by atoms with E-state index in [1.54, 1.807) is 11.8 Å². The molecule has 0 fully saturated rings. The van der Waals surface area contributed by atoms with E-state index in [0.717, 1.165) is 0 Å². The fraction of sp³-hybridized carbons (Fsp3) is 1.00. The molecule has 0 amide bonds. The number of rotatable bonds is 1. The number of hydrogen-bond acceptors (Lipinski definition) is 2. The van der Waals surface area contributed by atoms with Crippen LogP contribution in [0.5, 0.6) is 0 Å². The fourth-order valence-electron chi connectivity index (χ4n) is 0. The molecule has 1 atom stereocenters. The van der Waals surface area contributed by atoms with Crippen LogP contribution in [0.2, 0.25) is 0 Å². The SMILES string of the molecule is CC(O)N(C)C.[H-].[H-].[Sr+2]. The molecule has 0 aromatic rings. The Balaban J connectivity index is -0.0000000417. The zero-order valence-electron chi connectivity index (χ0n) is 7.18. The quantitative estimate of drug-likeness (QED) is 0.442. The first-order chi connectivity index (χ1) is 2.64. The van der Waals surface area contributed by atoms with E-state index in [-0.39, 0.29) is 54.6 Å². The third-order valence-corrected chi connectivity index (χ3v) is 0.747. The van der Waals surface area contributed by atoms with Crippen LogP contribution in [0.1, 0.15) is 9.78 Å². The van der Waals surface area contributed by atoms with Gasteiger partial charge in [-0.3, -0.25) is 4.90 Å². The number of hydrogen-bond donors (Lipinski definition) is 1. The molecule has 2 nitrogen and oxygen atoms in total. The maximum atomic E-state index is 8.56. The molecule has 0 radical (unpaired) electrons. The Labute approximate surface area is 84.7 Å². The van der Waals surface area contributed by atoms with E-state index in [4.69, 9.17) is 5.11 Å². The zero-order valence-corrected chi connectivity index (χ0v) is 8.66. The molecule has 0 aliphatic carbocycles. The Morgan fingerprint density at radius 2 is 1.71 bits per heavy atom. The summed E-state index contributed by atoms with van der Waals surface area (Å²) < 4.78 is 0. The Bertz CT molecular complexity index is 39.5. The van der Waals surface area contributed by atoms with Gasteiger partial charge in [-0.25, -0.2) is 0 Å². The van der Waals surface area contributed by atoms with Crippen molar-refractivity contribution >= 4 is 45.5 Å². The molecule has 0 saturated carbocycles. The summed E-state index contributed by atoms with van der Waals surface area (Å²) in [7, 11) is 3.65. The van der Waals surface area contributed by atoms with E-state index >= 15 is 0 Å². The van der Waals surface area contributed by atoms with Gasteiger partial charge >= 0.3 is 45.5 Å². The molecule has 3 heteroatoms. The summed E-state index contributed by atoms with van der Waals surface area (Å²) in [6, 6.07) is 0. The number of aliphatic hydroxyl groups excluding tert-OH is 1. The summed E-state index contributed by atoms with van der Waals surface area (Å²) in [6.07, 6.45) is -0.315. The van der Waals surface area contributed by atoms with Crippen LogP contribution in [0.3, 0.4) is 0 Å². The first-order valence-corrected chi connectivity index (χ1v) is 1.99. The molecule has 0 spiro atoms. The summed E-state index contributed by atoms with van der Waals surface area (Å²) in [5.74, 6) is 0. The molecule has 7 heavy (non-hydrogen) atoms. The van der Waals surface area contributed by atoms with Crippen molar-refractivity contribution in [2.75, 3.05) is 14.1 Å². The molecule has 1 N–H and O–H groups in total. The summed E-state index contributed by atoms with van der Waals surface area (Å²) >= 11 is 0. The topological polar surface area (TPSA) is 23.5 Å². The summed E-state index contributed by atoms with van der Waals surface area (Å²) in [5, 5.41) is 8.56. The van der Waals surface area contributed by atoms with Crippen molar-refractivity contribution in [3.05, 3.63) is 0 Å². The molecule has 1 unspecified atom stereocenters. The largest absolute Gasteiger partial charge is 2.00 e. The normalized spacial score (nSPS) is 13.3. The third-order valence-electron chi connectivity index (χ3n) is 0.747. The van der Waals surface area contributed by atoms with Crippen LogP contribution in [-0.2, 0) is 0 Å². The minimum atomic E-state index is -0.315. The van der Waals surface area contributed by atoms with Gasteiger partial charge in [0.25, 0.3) is 0 Å². The van der Waals surface area contributed by atoms with E-state index in [0.29, 0.717) is 0 Å². The Morgan fingerprint density at radius 1 is 1.57 bits per heavy atom. The number of aliphatic hydroxyl groups is 1. The van der Waals surface area contributed by atoms with Crippen molar-refractivity contribution in [2.45, 2.75) is 13.2 Å². The first-order valence-electron chi connectivity index (χ1n) is 1.99. The maximum Gasteiger partial charge on any atom is 2.00 e. The molecule has 0 rings (SSSR count). The molecule has 0 bridgehead atoms. The van der Waals surface area contributed by atoms with Gasteiger partial charge in [0.05, 0.1) is 0 Å². The van der Waals surface area contributed by atoms with Crippen LogP contribution in [0.15, 0.2) is 0 Å². The fourth-order valence-corrected chi connectivity index (χ4v) is 0. The van der Waals surface area contributed by atoms with Crippen molar-refractivity contribution in [1.82, 2.24) is 4.90 Å². The first kappa shape index (κ1) is 11.2. The smallest absolute Gasteiger partial charge is 1.00 e. The van der Waals surface area contributed by atoms with Gasteiger partial charge in [-0.05, 0) is 21.0 Å². The van der Waals surface area contributed by atoms with E-state index in [1.165, 1.54) is 0 Å². The second-order valence-electron chi connectivity index (χ2n) is 1.60. The van der Waals surface area contributed by atoms with Crippen LogP contribution in [0, 0.1) is 0 Å². The predicted octanol–water partition coefficient (Wildman–Crippen LogP) is -0.270. The van der Waals surface area contributed by atoms with Gasteiger partial charge < -0.3 is 7.96 Å². The molecule has 0 saturated heterocycles. The Morgan fingerprint density at radius 3 is 1.71 bits per heavy atom. The van der Waals surface area contributed by atoms with Gasteiger partial charge in [0.15, 0.2) is 0 Å². The molecule has 0 aromatic carbocycles. The molecule has 0 aliphatic rings. The molecule has 42 valence electrons. The summed E-state index contributed by atoms with van der Waals surface area (Å²) in [6.45, 7) is 1.72. The summed E-state index contributed by atoms with van der Waals surface area (Å²) in [4.78, 5) is 1.72. The molecular formula is C4H13NOSr. The monoisotopic (exact) mass is 179 g/mol. The van der Waals surface area contributed by atoms with Gasteiger partial charge in [-0.15, -0.1) is 0 Å². The van der Waals surface area contributed by atoms with Crippen molar-refractivity contribution < 1.29 is 7.96 Å². The van der Waals surface area contributed by atoms with Gasteiger partial charge in [-0.1, -0.05) is 0 Å². The summed E-state index contributed by atoms with van der Waals surface area (Å²) in [5.41, 5.74) is 0. The minimum Gasteiger partial charge on any atom is -1.00 e. The average molecular weight is 179 g/mol. The molecule has 0 aliphatic heterocycles. The second kappa shape index (κ2) is 5.54. The van der Waals surface area contributed by atoms with Gasteiger partial charge in [0.2, 0.25) is 0 Å². The van der Waals surface area contributed by atoms with Crippen molar-refractivity contribution in [2.24, 2.45) is 0 Å². The molecular weight excluding hydrogens is 166 g/mol. The van der Waals surface area contributed by atoms with Gasteiger partial charge in [0.1, 0.15) is 6.23 Å². The predicted molar refractivity (Wildman–Crippen MR) is 33.3 cm³/mol.